The molecule has 0 unspecified atom stereocenters. The minimum Gasteiger partial charge on any atom is -0.462 e. The van der Waals surface area contributed by atoms with Gasteiger partial charge in [0.2, 0.25) is 0 Å². The number of amides is 1. The highest BCUT2D eigenvalue weighted by Crippen LogP contribution is 2.30. The van der Waals surface area contributed by atoms with Crippen molar-refractivity contribution >= 4 is 41.9 Å². The molecule has 15 nitrogen and oxygen atoms in total. The molecule has 4 rings (SSSR count). The zero-order chi connectivity index (χ0) is 53.2. The molecule has 0 atom stereocenters. The summed E-state index contributed by atoms with van der Waals surface area (Å²) in [7, 11) is 0. The van der Waals surface area contributed by atoms with Crippen LogP contribution < -0.4 is 0 Å². The number of nitrogens with zero attached hydrogens (tertiary/aromatic N) is 1. The number of ether oxygens (including phenoxy) is 7. The maximum absolute atomic E-state index is 13.3. The summed E-state index contributed by atoms with van der Waals surface area (Å²) < 4.78 is 39.4. The summed E-state index contributed by atoms with van der Waals surface area (Å²) >= 11 is 0. The van der Waals surface area contributed by atoms with Crippen molar-refractivity contribution in [3.05, 3.63) is 0 Å². The molecule has 4 aliphatic carbocycles. The van der Waals surface area contributed by atoms with Gasteiger partial charge in [0.1, 0.15) is 32.0 Å². The first-order chi connectivity index (χ1) is 35.7. The molecule has 424 valence electrons. The molecule has 74 heavy (non-hydrogen) atoms. The second kappa shape index (κ2) is 37.0. The smallest absolute Gasteiger partial charge is 0.410 e. The first-order valence-corrected chi connectivity index (χ1v) is 29.7. The molecule has 0 N–H and O–H groups in total. The molecule has 4 saturated carbocycles. The lowest BCUT2D eigenvalue weighted by molar-refractivity contribution is -0.167. The molecular formula is C59H99NO14. The highest BCUT2D eigenvalue weighted by Gasteiger charge is 2.26. The summed E-state index contributed by atoms with van der Waals surface area (Å²) in [6.45, 7) is 5.56. The number of carbonyl (C=O) groups is 7. The number of unbranched alkanes of at least 4 members (excludes halogenated alkanes) is 4. The molecule has 0 aromatic carbocycles. The van der Waals surface area contributed by atoms with Crippen molar-refractivity contribution in [2.24, 2.45) is 23.7 Å². The van der Waals surface area contributed by atoms with Crippen LogP contribution in [0.3, 0.4) is 0 Å². The molecule has 4 fully saturated rings. The standard InChI is InChI=1S/C59H99NO14/c1-59(2,3)74-58(67)60(40-20-8-18-30-56(65)72-50(42-68-52(61)36-32-46-22-10-4-11-23-46)43-69-53(62)37-33-47-24-12-5-13-25-47)41-21-9-19-31-57(66)73-51(44-70-54(63)38-34-48-26-14-6-15-27-48)45-71-55(64)39-35-49-28-16-7-17-29-49/h46-51H,4-45H2,1-3H3. The Morgan fingerprint density at radius 1 is 0.378 bits per heavy atom. The van der Waals surface area contributed by atoms with Crippen LogP contribution in [0, 0.1) is 23.7 Å². The second-order valence-corrected chi connectivity index (χ2v) is 23.2. The summed E-state index contributed by atoms with van der Waals surface area (Å²) in [6, 6.07) is 0. The fraction of sp³-hybridized carbons (Fsp3) is 0.881. The molecule has 0 spiro atoms. The summed E-state index contributed by atoms with van der Waals surface area (Å²) in [5.74, 6) is -0.175. The average molecular weight is 1050 g/mol. The van der Waals surface area contributed by atoms with E-state index in [-0.39, 0.29) is 63.1 Å². The van der Waals surface area contributed by atoms with Crippen molar-refractivity contribution in [2.45, 2.75) is 270 Å². The molecule has 0 heterocycles. The van der Waals surface area contributed by atoms with Gasteiger partial charge in [0.05, 0.1) is 0 Å². The molecule has 15 heteroatoms. The average Bonchev–Trinajstić information content (AvgIpc) is 3.39. The van der Waals surface area contributed by atoms with E-state index in [1.54, 1.807) is 4.90 Å². The van der Waals surface area contributed by atoms with Gasteiger partial charge in [0.25, 0.3) is 0 Å². The van der Waals surface area contributed by atoms with E-state index in [1.807, 2.05) is 20.8 Å². The Labute approximate surface area is 445 Å². The largest absolute Gasteiger partial charge is 0.462 e. The van der Waals surface area contributed by atoms with Crippen molar-refractivity contribution < 1.29 is 66.7 Å². The molecule has 0 aromatic rings. The quantitative estimate of drug-likeness (QED) is 0.0336. The van der Waals surface area contributed by atoms with Crippen LogP contribution in [0.5, 0.6) is 0 Å². The van der Waals surface area contributed by atoms with Gasteiger partial charge in [0, 0.05) is 51.6 Å². The van der Waals surface area contributed by atoms with E-state index in [1.165, 1.54) is 77.0 Å². The predicted molar refractivity (Wildman–Crippen MR) is 282 cm³/mol. The second-order valence-electron chi connectivity index (χ2n) is 23.2. The van der Waals surface area contributed by atoms with E-state index in [2.05, 4.69) is 0 Å². The summed E-state index contributed by atoms with van der Waals surface area (Å²) in [5, 5.41) is 0. The van der Waals surface area contributed by atoms with Gasteiger partial charge >= 0.3 is 41.9 Å². The summed E-state index contributed by atoms with van der Waals surface area (Å²) in [6.07, 6.45) is 29.5. The Hall–Kier alpha value is -3.91. The van der Waals surface area contributed by atoms with E-state index in [9.17, 15) is 33.6 Å². The normalized spacial score (nSPS) is 17.4. The van der Waals surface area contributed by atoms with Crippen LogP contribution in [0.2, 0.25) is 0 Å². The van der Waals surface area contributed by atoms with Crippen molar-refractivity contribution in [3.63, 3.8) is 0 Å². The van der Waals surface area contributed by atoms with Crippen LogP contribution in [0.15, 0.2) is 0 Å². The van der Waals surface area contributed by atoms with E-state index in [4.69, 9.17) is 33.2 Å². The minimum absolute atomic E-state index is 0.108. The number of hydrogen-bond donors (Lipinski definition) is 0. The Morgan fingerprint density at radius 3 is 0.932 bits per heavy atom. The third-order valence-corrected chi connectivity index (χ3v) is 15.5. The van der Waals surface area contributed by atoms with E-state index in [0.717, 1.165) is 77.0 Å². The first kappa shape index (κ1) is 62.6. The van der Waals surface area contributed by atoms with Crippen LogP contribution in [-0.4, -0.2) is 104 Å². The van der Waals surface area contributed by atoms with Gasteiger partial charge in [-0.25, -0.2) is 4.79 Å². The van der Waals surface area contributed by atoms with Crippen LogP contribution in [0.1, 0.15) is 252 Å². The van der Waals surface area contributed by atoms with Crippen LogP contribution in [0.4, 0.5) is 4.79 Å². The summed E-state index contributed by atoms with van der Waals surface area (Å²) in [4.78, 5) is 91.9. The minimum atomic E-state index is -0.902. The summed E-state index contributed by atoms with van der Waals surface area (Å²) in [5.41, 5.74) is -0.698. The Bertz CT molecular complexity index is 1440. The topological polar surface area (TPSA) is 187 Å². The van der Waals surface area contributed by atoms with Crippen molar-refractivity contribution in [1.82, 2.24) is 4.90 Å². The predicted octanol–water partition coefficient (Wildman–Crippen LogP) is 12.8. The fourth-order valence-corrected chi connectivity index (χ4v) is 11.1. The van der Waals surface area contributed by atoms with E-state index >= 15 is 0 Å². The molecule has 0 radical (unpaired) electrons. The van der Waals surface area contributed by atoms with Crippen LogP contribution >= 0.6 is 0 Å². The van der Waals surface area contributed by atoms with Gasteiger partial charge in [0.15, 0.2) is 12.2 Å². The van der Waals surface area contributed by atoms with Gasteiger partial charge in [-0.1, -0.05) is 141 Å². The number of rotatable bonds is 34. The number of hydrogen-bond acceptors (Lipinski definition) is 14. The molecule has 0 aliphatic heterocycles. The van der Waals surface area contributed by atoms with Gasteiger partial charge in [-0.15, -0.1) is 0 Å². The van der Waals surface area contributed by atoms with E-state index < -0.39 is 35.8 Å². The molecular weight excluding hydrogens is 947 g/mol. The Balaban J connectivity index is 1.18. The maximum atomic E-state index is 13.3. The molecule has 0 aromatic heterocycles. The fourth-order valence-electron chi connectivity index (χ4n) is 11.1. The van der Waals surface area contributed by atoms with Gasteiger partial charge in [-0.2, -0.15) is 0 Å². The van der Waals surface area contributed by atoms with E-state index in [0.29, 0.717) is 101 Å². The highest BCUT2D eigenvalue weighted by molar-refractivity contribution is 5.72. The van der Waals surface area contributed by atoms with Gasteiger partial charge in [-0.3, -0.25) is 28.8 Å². The van der Waals surface area contributed by atoms with Gasteiger partial charge in [-0.05, 0) is 95.8 Å². The molecule has 4 aliphatic rings. The number of carbonyl (C=O) groups excluding carboxylic acids is 7. The highest BCUT2D eigenvalue weighted by atomic mass is 16.6. The molecule has 0 saturated heterocycles. The maximum Gasteiger partial charge on any atom is 0.410 e. The first-order valence-electron chi connectivity index (χ1n) is 29.7. The van der Waals surface area contributed by atoms with Gasteiger partial charge < -0.3 is 38.1 Å². The Kier molecular flexibility index (Phi) is 31.3. The molecule has 0 bridgehead atoms. The third kappa shape index (κ3) is 30.0. The monoisotopic (exact) mass is 1050 g/mol. The van der Waals surface area contributed by atoms with Crippen molar-refractivity contribution in [2.75, 3.05) is 39.5 Å². The van der Waals surface area contributed by atoms with Crippen molar-refractivity contribution in [3.8, 4) is 0 Å². The lowest BCUT2D eigenvalue weighted by Gasteiger charge is -2.27. The van der Waals surface area contributed by atoms with Crippen LogP contribution in [0.25, 0.3) is 0 Å². The lowest BCUT2D eigenvalue weighted by Crippen LogP contribution is -2.38. The lowest BCUT2D eigenvalue weighted by atomic mass is 9.86. The zero-order valence-electron chi connectivity index (χ0n) is 46.3. The number of esters is 6. The molecule has 1 amide bonds. The van der Waals surface area contributed by atoms with Crippen LogP contribution in [-0.2, 0) is 61.9 Å². The third-order valence-electron chi connectivity index (χ3n) is 15.5. The SMILES string of the molecule is CC(C)(C)OC(=O)N(CCCCCC(=O)OC(COC(=O)CCC1CCCCC1)COC(=O)CCC1CCCCC1)CCCCCC(=O)OC(COC(=O)CCC1CCCCC1)COC(=O)CCC1CCCCC1. The van der Waals surface area contributed by atoms with Crippen molar-refractivity contribution in [1.29, 1.82) is 0 Å². The zero-order valence-corrected chi connectivity index (χ0v) is 46.3. The Morgan fingerprint density at radius 2 is 0.662 bits per heavy atom.